The number of likely N-dealkylation sites (tertiary alicyclic amines) is 1. The fraction of sp³-hybridized carbons (Fsp3) is 0.600. The molecule has 2 saturated heterocycles. The summed E-state index contributed by atoms with van der Waals surface area (Å²) in [7, 11) is 1.89. The van der Waals surface area contributed by atoms with Crippen molar-refractivity contribution in [2.24, 2.45) is 5.92 Å². The van der Waals surface area contributed by atoms with Gasteiger partial charge in [-0.25, -0.2) is 0 Å². The molecule has 108 valence electrons. The molecule has 0 radical (unpaired) electrons. The van der Waals surface area contributed by atoms with Gasteiger partial charge in [0.2, 0.25) is 5.91 Å². The van der Waals surface area contributed by atoms with Gasteiger partial charge in [0.05, 0.1) is 25.2 Å². The van der Waals surface area contributed by atoms with E-state index in [1.54, 1.807) is 6.20 Å². The number of likely N-dealkylation sites (N-methyl/N-ethyl adjacent to an activating group) is 1. The van der Waals surface area contributed by atoms with Crippen LogP contribution in [0.15, 0.2) is 24.5 Å². The molecule has 1 amide bonds. The number of aromatic nitrogens is 1. The lowest BCUT2D eigenvalue weighted by atomic mass is 10.0. The van der Waals surface area contributed by atoms with Crippen LogP contribution in [0.4, 0.5) is 0 Å². The fourth-order valence-corrected chi connectivity index (χ4v) is 3.25. The summed E-state index contributed by atoms with van der Waals surface area (Å²) in [5, 5.41) is 3.19. The predicted octanol–water partition coefficient (Wildman–Crippen LogP) is 0.979. The minimum atomic E-state index is -0.0581. The van der Waals surface area contributed by atoms with Gasteiger partial charge in [-0.3, -0.25) is 9.78 Å². The van der Waals surface area contributed by atoms with Crippen LogP contribution in [0.3, 0.4) is 0 Å². The average molecular weight is 275 g/mol. The van der Waals surface area contributed by atoms with Crippen molar-refractivity contribution >= 4 is 5.91 Å². The average Bonchev–Trinajstić information content (AvgIpc) is 3.16. The first-order chi connectivity index (χ1) is 9.81. The summed E-state index contributed by atoms with van der Waals surface area (Å²) < 4.78 is 5.46. The second kappa shape index (κ2) is 5.89. The number of ether oxygens (including phenoxy) is 1. The standard InChI is InChI=1S/C15H21N3O2/c1-16-13-10-20-9-12(13)15(19)18-7-3-5-14(18)11-4-2-6-17-8-11/h2,4,6,8,12-14,16H,3,5,7,9-10H2,1H3. The minimum absolute atomic E-state index is 0.0581. The third-order valence-corrected chi connectivity index (χ3v) is 4.37. The molecule has 0 aromatic carbocycles. The van der Waals surface area contributed by atoms with Crippen LogP contribution < -0.4 is 5.32 Å². The zero-order valence-corrected chi connectivity index (χ0v) is 11.8. The Bertz CT molecular complexity index is 465. The molecule has 2 fully saturated rings. The lowest BCUT2D eigenvalue weighted by molar-refractivity contribution is -0.137. The van der Waals surface area contributed by atoms with Crippen molar-refractivity contribution in [1.29, 1.82) is 0 Å². The Balaban J connectivity index is 1.77. The van der Waals surface area contributed by atoms with Crippen LogP contribution in [0.2, 0.25) is 0 Å². The Labute approximate surface area is 119 Å². The number of nitrogens with one attached hydrogen (secondary N) is 1. The predicted molar refractivity (Wildman–Crippen MR) is 75.1 cm³/mol. The van der Waals surface area contributed by atoms with Crippen molar-refractivity contribution in [2.45, 2.75) is 24.9 Å². The van der Waals surface area contributed by atoms with Crippen LogP contribution in [-0.4, -0.2) is 48.6 Å². The van der Waals surface area contributed by atoms with Crippen LogP contribution in [0.5, 0.6) is 0 Å². The van der Waals surface area contributed by atoms with Gasteiger partial charge in [0.25, 0.3) is 0 Å². The summed E-state index contributed by atoms with van der Waals surface area (Å²) in [6.07, 6.45) is 5.72. The Morgan fingerprint density at radius 1 is 1.50 bits per heavy atom. The van der Waals surface area contributed by atoms with Crippen LogP contribution in [-0.2, 0) is 9.53 Å². The summed E-state index contributed by atoms with van der Waals surface area (Å²) in [6, 6.07) is 4.31. The molecule has 0 aliphatic carbocycles. The molecule has 3 atom stereocenters. The number of pyridine rings is 1. The maximum atomic E-state index is 12.8. The van der Waals surface area contributed by atoms with E-state index in [4.69, 9.17) is 4.74 Å². The van der Waals surface area contributed by atoms with Gasteiger partial charge >= 0.3 is 0 Å². The number of amides is 1. The number of rotatable bonds is 3. The zero-order chi connectivity index (χ0) is 13.9. The summed E-state index contributed by atoms with van der Waals surface area (Å²) in [6.45, 7) is 1.99. The Morgan fingerprint density at radius 2 is 2.40 bits per heavy atom. The molecule has 20 heavy (non-hydrogen) atoms. The van der Waals surface area contributed by atoms with E-state index in [9.17, 15) is 4.79 Å². The molecule has 1 aromatic heterocycles. The highest BCUT2D eigenvalue weighted by molar-refractivity contribution is 5.80. The quantitative estimate of drug-likeness (QED) is 0.893. The lowest BCUT2D eigenvalue weighted by Crippen LogP contribution is -2.44. The first-order valence-electron chi connectivity index (χ1n) is 7.26. The maximum absolute atomic E-state index is 12.8. The van der Waals surface area contributed by atoms with Crippen molar-refractivity contribution in [3.8, 4) is 0 Å². The Kier molecular flexibility index (Phi) is 3.98. The second-order valence-electron chi connectivity index (χ2n) is 5.52. The number of carbonyl (C=O) groups excluding carboxylic acids is 1. The van der Waals surface area contributed by atoms with Gasteiger partial charge in [-0.1, -0.05) is 6.07 Å². The van der Waals surface area contributed by atoms with E-state index in [0.717, 1.165) is 24.9 Å². The fourth-order valence-electron chi connectivity index (χ4n) is 3.25. The second-order valence-corrected chi connectivity index (χ2v) is 5.52. The number of hydrogen-bond acceptors (Lipinski definition) is 4. The molecule has 0 saturated carbocycles. The molecule has 5 nitrogen and oxygen atoms in total. The van der Waals surface area contributed by atoms with E-state index < -0.39 is 0 Å². The molecule has 5 heteroatoms. The molecule has 3 unspecified atom stereocenters. The van der Waals surface area contributed by atoms with Crippen LogP contribution in [0.1, 0.15) is 24.4 Å². The van der Waals surface area contributed by atoms with Crippen molar-refractivity contribution in [2.75, 3.05) is 26.8 Å². The van der Waals surface area contributed by atoms with Gasteiger partial charge in [-0.2, -0.15) is 0 Å². The molecule has 0 spiro atoms. The van der Waals surface area contributed by atoms with E-state index >= 15 is 0 Å². The van der Waals surface area contributed by atoms with Crippen LogP contribution >= 0.6 is 0 Å². The summed E-state index contributed by atoms with van der Waals surface area (Å²) in [5.41, 5.74) is 1.14. The largest absolute Gasteiger partial charge is 0.379 e. The lowest BCUT2D eigenvalue weighted by Gasteiger charge is -2.29. The Morgan fingerprint density at radius 3 is 3.15 bits per heavy atom. The number of carbonyl (C=O) groups is 1. The zero-order valence-electron chi connectivity index (χ0n) is 11.8. The SMILES string of the molecule is CNC1COCC1C(=O)N1CCCC1c1cccnc1. The van der Waals surface area contributed by atoms with E-state index in [1.165, 1.54) is 0 Å². The van der Waals surface area contributed by atoms with Crippen molar-refractivity contribution in [1.82, 2.24) is 15.2 Å². The molecule has 3 heterocycles. The molecule has 1 aromatic rings. The van der Waals surface area contributed by atoms with E-state index in [1.807, 2.05) is 24.2 Å². The molecular weight excluding hydrogens is 254 g/mol. The normalized spacial score (nSPS) is 29.9. The van der Waals surface area contributed by atoms with Gasteiger partial charge in [0.15, 0.2) is 0 Å². The Hall–Kier alpha value is -1.46. The summed E-state index contributed by atoms with van der Waals surface area (Å²) >= 11 is 0. The topological polar surface area (TPSA) is 54.5 Å². The molecule has 2 aliphatic heterocycles. The molecular formula is C15H21N3O2. The highest BCUT2D eigenvalue weighted by atomic mass is 16.5. The smallest absolute Gasteiger partial charge is 0.230 e. The third kappa shape index (κ3) is 2.43. The third-order valence-electron chi connectivity index (χ3n) is 4.37. The molecule has 3 rings (SSSR count). The first-order valence-corrected chi connectivity index (χ1v) is 7.26. The van der Waals surface area contributed by atoms with Crippen molar-refractivity contribution in [3.63, 3.8) is 0 Å². The van der Waals surface area contributed by atoms with Crippen molar-refractivity contribution < 1.29 is 9.53 Å². The highest BCUT2D eigenvalue weighted by Crippen LogP contribution is 2.33. The molecule has 2 aliphatic rings. The van der Waals surface area contributed by atoms with Gasteiger partial charge in [0.1, 0.15) is 0 Å². The maximum Gasteiger partial charge on any atom is 0.230 e. The monoisotopic (exact) mass is 275 g/mol. The first kappa shape index (κ1) is 13.5. The van der Waals surface area contributed by atoms with Gasteiger partial charge in [-0.05, 0) is 31.5 Å². The summed E-state index contributed by atoms with van der Waals surface area (Å²) in [4.78, 5) is 19.0. The summed E-state index contributed by atoms with van der Waals surface area (Å²) in [5.74, 6) is 0.158. The van der Waals surface area contributed by atoms with E-state index in [0.29, 0.717) is 13.2 Å². The van der Waals surface area contributed by atoms with Gasteiger partial charge in [0, 0.05) is 25.0 Å². The molecule has 0 bridgehead atoms. The minimum Gasteiger partial charge on any atom is -0.379 e. The highest BCUT2D eigenvalue weighted by Gasteiger charge is 2.39. The van der Waals surface area contributed by atoms with E-state index in [-0.39, 0.29) is 23.9 Å². The van der Waals surface area contributed by atoms with Gasteiger partial charge < -0.3 is 15.0 Å². The van der Waals surface area contributed by atoms with Crippen LogP contribution in [0.25, 0.3) is 0 Å². The van der Waals surface area contributed by atoms with Crippen LogP contribution in [0, 0.1) is 5.92 Å². The van der Waals surface area contributed by atoms with Gasteiger partial charge in [-0.15, -0.1) is 0 Å². The number of nitrogens with zero attached hydrogens (tertiary/aromatic N) is 2. The molecule has 1 N–H and O–H groups in total. The van der Waals surface area contributed by atoms with Crippen molar-refractivity contribution in [3.05, 3.63) is 30.1 Å². The van der Waals surface area contributed by atoms with E-state index in [2.05, 4.69) is 16.4 Å². The number of hydrogen-bond donors (Lipinski definition) is 1.